The molecule has 2 aromatic heterocycles. The van der Waals surface area contributed by atoms with E-state index in [-0.39, 0.29) is 5.91 Å². The standard InChI is InChI=1S/C24H18N4O2S/c1-16-12-13-21(30-16)22-17(15-27(26-22)18-8-4-2-5-9-18)14-20-23(29)28(24(31)25-20)19-10-6-3-7-11-19/h2-15H,1H3,(H,25,31). The summed E-state index contributed by atoms with van der Waals surface area (Å²) < 4.78 is 7.59. The Labute approximate surface area is 184 Å². The van der Waals surface area contributed by atoms with Gasteiger partial charge in [-0.3, -0.25) is 9.69 Å². The molecule has 1 aliphatic heterocycles. The van der Waals surface area contributed by atoms with Crippen LogP contribution in [0.1, 0.15) is 11.3 Å². The van der Waals surface area contributed by atoms with Gasteiger partial charge >= 0.3 is 0 Å². The Bertz CT molecular complexity index is 1310. The molecule has 0 atom stereocenters. The molecule has 152 valence electrons. The van der Waals surface area contributed by atoms with Crippen molar-refractivity contribution in [2.75, 3.05) is 4.90 Å². The number of rotatable bonds is 4. The molecule has 4 aromatic rings. The highest BCUT2D eigenvalue weighted by molar-refractivity contribution is 7.80. The number of carbonyl (C=O) groups excluding carboxylic acids is 1. The summed E-state index contributed by atoms with van der Waals surface area (Å²) in [7, 11) is 0. The summed E-state index contributed by atoms with van der Waals surface area (Å²) in [6.07, 6.45) is 3.63. The van der Waals surface area contributed by atoms with Crippen LogP contribution < -0.4 is 10.2 Å². The van der Waals surface area contributed by atoms with Crippen LogP contribution in [0.2, 0.25) is 0 Å². The minimum atomic E-state index is -0.217. The largest absolute Gasteiger partial charge is 0.460 e. The number of amides is 1. The predicted molar refractivity (Wildman–Crippen MR) is 124 cm³/mol. The number of aromatic nitrogens is 2. The van der Waals surface area contributed by atoms with E-state index in [1.807, 2.05) is 85.9 Å². The molecule has 1 saturated heterocycles. The first-order chi connectivity index (χ1) is 15.1. The second-order valence-electron chi connectivity index (χ2n) is 7.09. The number of carbonyl (C=O) groups is 1. The van der Waals surface area contributed by atoms with Crippen LogP contribution in [-0.4, -0.2) is 20.8 Å². The Morgan fingerprint density at radius 3 is 2.29 bits per heavy atom. The summed E-state index contributed by atoms with van der Waals surface area (Å²) in [5.74, 6) is 1.20. The Morgan fingerprint density at radius 2 is 1.65 bits per heavy atom. The SMILES string of the molecule is Cc1ccc(-c2nn(-c3ccccc3)cc2C=C2NC(=S)N(c3ccccc3)C2=O)o1. The highest BCUT2D eigenvalue weighted by Crippen LogP contribution is 2.29. The summed E-state index contributed by atoms with van der Waals surface area (Å²) in [5, 5.41) is 8.10. The van der Waals surface area contributed by atoms with Crippen molar-refractivity contribution in [3.05, 3.63) is 96.0 Å². The van der Waals surface area contributed by atoms with E-state index in [2.05, 4.69) is 5.32 Å². The molecule has 1 N–H and O–H groups in total. The maximum Gasteiger partial charge on any atom is 0.281 e. The molecule has 0 radical (unpaired) electrons. The zero-order chi connectivity index (χ0) is 21.4. The molecule has 5 rings (SSSR count). The number of hydrogen-bond acceptors (Lipinski definition) is 4. The van der Waals surface area contributed by atoms with E-state index in [0.29, 0.717) is 22.3 Å². The monoisotopic (exact) mass is 426 g/mol. The Balaban J connectivity index is 1.58. The van der Waals surface area contributed by atoms with Crippen LogP contribution in [-0.2, 0) is 4.79 Å². The summed E-state index contributed by atoms with van der Waals surface area (Å²) in [5.41, 5.74) is 3.39. The van der Waals surface area contributed by atoms with E-state index in [1.165, 1.54) is 4.90 Å². The molecule has 0 spiro atoms. The van der Waals surface area contributed by atoms with Gasteiger partial charge < -0.3 is 9.73 Å². The van der Waals surface area contributed by atoms with E-state index in [4.69, 9.17) is 21.7 Å². The quantitative estimate of drug-likeness (QED) is 0.378. The number of furan rings is 1. The Hall–Kier alpha value is -3.97. The fourth-order valence-corrected chi connectivity index (χ4v) is 3.76. The van der Waals surface area contributed by atoms with Crippen LogP contribution in [0.4, 0.5) is 5.69 Å². The van der Waals surface area contributed by atoms with Gasteiger partial charge in [0.1, 0.15) is 17.2 Å². The van der Waals surface area contributed by atoms with Gasteiger partial charge in [-0.25, -0.2) is 4.68 Å². The summed E-state index contributed by atoms with van der Waals surface area (Å²) >= 11 is 5.42. The second kappa shape index (κ2) is 7.70. The van der Waals surface area contributed by atoms with Crippen LogP contribution >= 0.6 is 12.2 Å². The molecule has 0 aliphatic carbocycles. The number of nitrogens with one attached hydrogen (secondary N) is 1. The first-order valence-electron chi connectivity index (χ1n) is 9.74. The summed E-state index contributed by atoms with van der Waals surface area (Å²) in [6.45, 7) is 1.88. The molecule has 1 amide bonds. The molecular weight excluding hydrogens is 408 g/mol. The Morgan fingerprint density at radius 1 is 0.968 bits per heavy atom. The average molecular weight is 427 g/mol. The zero-order valence-electron chi connectivity index (χ0n) is 16.6. The number of anilines is 1. The van der Waals surface area contributed by atoms with E-state index >= 15 is 0 Å². The molecule has 31 heavy (non-hydrogen) atoms. The Kier molecular flexibility index (Phi) is 4.72. The molecular formula is C24H18N4O2S. The highest BCUT2D eigenvalue weighted by Gasteiger charge is 2.32. The number of thiocarbonyl (C=S) groups is 1. The molecule has 6 nitrogen and oxygen atoms in total. The van der Waals surface area contributed by atoms with Gasteiger partial charge in [0.2, 0.25) is 0 Å². The molecule has 1 fully saturated rings. The van der Waals surface area contributed by atoms with Crippen LogP contribution in [0.5, 0.6) is 0 Å². The van der Waals surface area contributed by atoms with Crippen molar-refractivity contribution in [1.29, 1.82) is 0 Å². The van der Waals surface area contributed by atoms with Gasteiger partial charge in [-0.05, 0) is 61.6 Å². The highest BCUT2D eigenvalue weighted by atomic mass is 32.1. The van der Waals surface area contributed by atoms with E-state index in [1.54, 1.807) is 10.8 Å². The lowest BCUT2D eigenvalue weighted by molar-refractivity contribution is -0.113. The fraction of sp³-hybridized carbons (Fsp3) is 0.0417. The number of para-hydroxylation sites is 2. The molecule has 7 heteroatoms. The van der Waals surface area contributed by atoms with E-state index in [0.717, 1.165) is 22.7 Å². The molecule has 3 heterocycles. The van der Waals surface area contributed by atoms with Gasteiger partial charge in [-0.1, -0.05) is 36.4 Å². The topological polar surface area (TPSA) is 63.3 Å². The average Bonchev–Trinajstić information content (AvgIpc) is 3.47. The molecule has 0 saturated carbocycles. The third-order valence-corrected chi connectivity index (χ3v) is 5.21. The summed E-state index contributed by atoms with van der Waals surface area (Å²) in [6, 6.07) is 22.9. The van der Waals surface area contributed by atoms with Gasteiger partial charge in [-0.2, -0.15) is 5.10 Å². The lowest BCUT2D eigenvalue weighted by Gasteiger charge is -2.13. The second-order valence-corrected chi connectivity index (χ2v) is 7.47. The maximum absolute atomic E-state index is 13.1. The number of aryl methyl sites for hydroxylation is 1. The molecule has 2 aromatic carbocycles. The van der Waals surface area contributed by atoms with Crippen molar-refractivity contribution in [3.63, 3.8) is 0 Å². The van der Waals surface area contributed by atoms with E-state index < -0.39 is 0 Å². The van der Waals surface area contributed by atoms with E-state index in [9.17, 15) is 4.79 Å². The van der Waals surface area contributed by atoms with Crippen LogP contribution in [0, 0.1) is 6.92 Å². The van der Waals surface area contributed by atoms with Gasteiger partial charge in [-0.15, -0.1) is 0 Å². The smallest absolute Gasteiger partial charge is 0.281 e. The predicted octanol–water partition coefficient (Wildman–Crippen LogP) is 4.70. The fourth-order valence-electron chi connectivity index (χ4n) is 3.46. The van der Waals surface area contributed by atoms with Crippen LogP contribution in [0.3, 0.4) is 0 Å². The lowest BCUT2D eigenvalue weighted by atomic mass is 10.1. The van der Waals surface area contributed by atoms with Crippen LogP contribution in [0.25, 0.3) is 23.2 Å². The number of benzene rings is 2. The van der Waals surface area contributed by atoms with Crippen molar-refractivity contribution in [2.24, 2.45) is 0 Å². The zero-order valence-corrected chi connectivity index (χ0v) is 17.5. The number of nitrogens with zero attached hydrogens (tertiary/aromatic N) is 3. The van der Waals surface area contributed by atoms with Gasteiger partial charge in [0.15, 0.2) is 10.9 Å². The van der Waals surface area contributed by atoms with Crippen LogP contribution in [0.15, 0.2) is 89.1 Å². The van der Waals surface area contributed by atoms with Crippen molar-refractivity contribution in [2.45, 2.75) is 6.92 Å². The first-order valence-corrected chi connectivity index (χ1v) is 10.1. The molecule has 0 unspecified atom stereocenters. The van der Waals surface area contributed by atoms with Crippen molar-refractivity contribution in [3.8, 4) is 17.1 Å². The first kappa shape index (κ1) is 19.0. The minimum absolute atomic E-state index is 0.217. The minimum Gasteiger partial charge on any atom is -0.460 e. The third-order valence-electron chi connectivity index (χ3n) is 4.93. The maximum atomic E-state index is 13.1. The van der Waals surface area contributed by atoms with Crippen molar-refractivity contribution in [1.82, 2.24) is 15.1 Å². The van der Waals surface area contributed by atoms with Crippen molar-refractivity contribution < 1.29 is 9.21 Å². The van der Waals surface area contributed by atoms with Gasteiger partial charge in [0.05, 0.1) is 11.4 Å². The normalized spacial score (nSPS) is 15.0. The van der Waals surface area contributed by atoms with Crippen molar-refractivity contribution >= 4 is 35.0 Å². The molecule has 0 bridgehead atoms. The van der Waals surface area contributed by atoms with Gasteiger partial charge in [0.25, 0.3) is 5.91 Å². The lowest BCUT2D eigenvalue weighted by Crippen LogP contribution is -2.30. The third kappa shape index (κ3) is 3.55. The number of hydrogen-bond donors (Lipinski definition) is 1. The summed E-state index contributed by atoms with van der Waals surface area (Å²) in [4.78, 5) is 14.6. The van der Waals surface area contributed by atoms with Gasteiger partial charge in [0, 0.05) is 11.8 Å². The molecule has 1 aliphatic rings.